The molecule has 3 heteroatoms. The molecule has 3 rings (SSSR count). The van der Waals surface area contributed by atoms with Gasteiger partial charge in [-0.3, -0.25) is 4.79 Å². The van der Waals surface area contributed by atoms with E-state index in [0.29, 0.717) is 5.75 Å². The van der Waals surface area contributed by atoms with Crippen LogP contribution < -0.4 is 4.74 Å². The number of hydrogen-bond acceptors (Lipinski definition) is 2. The summed E-state index contributed by atoms with van der Waals surface area (Å²) in [5.41, 5.74) is 4.15. The van der Waals surface area contributed by atoms with Gasteiger partial charge in [-0.1, -0.05) is 36.4 Å². The molecule has 0 atom stereocenters. The summed E-state index contributed by atoms with van der Waals surface area (Å²) in [6.45, 7) is 3.44. The number of aromatic amines is 1. The van der Waals surface area contributed by atoms with Crippen molar-refractivity contribution in [2.75, 3.05) is 0 Å². The number of ether oxygens (including phenoxy) is 1. The van der Waals surface area contributed by atoms with Crippen molar-refractivity contribution < 1.29 is 9.53 Å². The molecule has 2 aromatic carbocycles. The minimum atomic E-state index is -0.310. The Balaban J connectivity index is 2.26. The second-order valence-electron chi connectivity index (χ2n) is 4.76. The number of carbonyl (C=O) groups is 1. The van der Waals surface area contributed by atoms with Gasteiger partial charge in [0.05, 0.1) is 0 Å². The van der Waals surface area contributed by atoms with Crippen molar-refractivity contribution in [2.24, 2.45) is 0 Å². The van der Waals surface area contributed by atoms with E-state index in [2.05, 4.69) is 11.1 Å². The van der Waals surface area contributed by atoms with Crippen molar-refractivity contribution in [2.45, 2.75) is 13.8 Å². The minimum absolute atomic E-state index is 0.310. The normalized spacial score (nSPS) is 10.7. The van der Waals surface area contributed by atoms with Crippen molar-refractivity contribution in [1.29, 1.82) is 0 Å². The zero-order valence-electron chi connectivity index (χ0n) is 11.4. The van der Waals surface area contributed by atoms with Crippen LogP contribution >= 0.6 is 0 Å². The van der Waals surface area contributed by atoms with E-state index in [1.165, 1.54) is 6.92 Å². The van der Waals surface area contributed by atoms with Crippen LogP contribution in [0, 0.1) is 6.92 Å². The van der Waals surface area contributed by atoms with Crippen LogP contribution in [0.3, 0.4) is 0 Å². The first-order valence-electron chi connectivity index (χ1n) is 6.52. The van der Waals surface area contributed by atoms with Gasteiger partial charge in [-0.15, -0.1) is 0 Å². The molecule has 0 aliphatic rings. The molecule has 1 aromatic heterocycles. The molecule has 0 saturated carbocycles. The van der Waals surface area contributed by atoms with Gasteiger partial charge in [0.2, 0.25) is 0 Å². The molecule has 0 spiro atoms. The minimum Gasteiger partial charge on any atom is -0.426 e. The van der Waals surface area contributed by atoms with E-state index in [9.17, 15) is 4.79 Å². The molecule has 0 aliphatic heterocycles. The van der Waals surface area contributed by atoms with Crippen LogP contribution in [0.4, 0.5) is 0 Å². The zero-order valence-corrected chi connectivity index (χ0v) is 11.4. The number of aromatic nitrogens is 1. The molecule has 0 unspecified atom stereocenters. The number of esters is 1. The third kappa shape index (κ3) is 2.07. The van der Waals surface area contributed by atoms with E-state index < -0.39 is 0 Å². The molecule has 100 valence electrons. The first kappa shape index (κ1) is 12.5. The summed E-state index contributed by atoms with van der Waals surface area (Å²) in [6, 6.07) is 15.7. The number of H-pyrrole nitrogens is 1. The van der Waals surface area contributed by atoms with Gasteiger partial charge >= 0.3 is 5.97 Å². The predicted octanol–water partition coefficient (Wildman–Crippen LogP) is 4.07. The van der Waals surface area contributed by atoms with E-state index in [1.807, 2.05) is 49.4 Å². The van der Waals surface area contributed by atoms with Crippen LogP contribution in [0.5, 0.6) is 5.75 Å². The third-order valence-corrected chi connectivity index (χ3v) is 3.30. The fourth-order valence-corrected chi connectivity index (χ4v) is 2.54. The zero-order chi connectivity index (χ0) is 14.1. The van der Waals surface area contributed by atoms with Crippen LogP contribution in [-0.2, 0) is 4.79 Å². The summed E-state index contributed by atoms with van der Waals surface area (Å²) < 4.78 is 5.32. The van der Waals surface area contributed by atoms with E-state index in [4.69, 9.17) is 4.74 Å². The number of rotatable bonds is 2. The van der Waals surface area contributed by atoms with E-state index in [1.54, 1.807) is 0 Å². The molecular weight excluding hydrogens is 250 g/mol. The lowest BCUT2D eigenvalue weighted by molar-refractivity contribution is -0.131. The van der Waals surface area contributed by atoms with Crippen LogP contribution in [0.1, 0.15) is 12.6 Å². The maximum Gasteiger partial charge on any atom is 0.308 e. The van der Waals surface area contributed by atoms with Crippen molar-refractivity contribution >= 4 is 16.9 Å². The third-order valence-electron chi connectivity index (χ3n) is 3.30. The van der Waals surface area contributed by atoms with Crippen LogP contribution in [0.2, 0.25) is 0 Å². The maximum absolute atomic E-state index is 11.3. The largest absolute Gasteiger partial charge is 0.426 e. The highest BCUT2D eigenvalue weighted by Gasteiger charge is 2.14. The van der Waals surface area contributed by atoms with Crippen molar-refractivity contribution in [3.8, 4) is 16.9 Å². The van der Waals surface area contributed by atoms with Crippen LogP contribution in [0.15, 0.2) is 48.5 Å². The van der Waals surface area contributed by atoms with Crippen LogP contribution in [0.25, 0.3) is 22.0 Å². The smallest absolute Gasteiger partial charge is 0.308 e. The maximum atomic E-state index is 11.3. The lowest BCUT2D eigenvalue weighted by atomic mass is 10.0. The van der Waals surface area contributed by atoms with Crippen molar-refractivity contribution in [3.63, 3.8) is 0 Å². The van der Waals surface area contributed by atoms with E-state index in [0.717, 1.165) is 27.7 Å². The Bertz CT molecular complexity index is 787. The summed E-state index contributed by atoms with van der Waals surface area (Å²) in [5.74, 6) is 0.280. The van der Waals surface area contributed by atoms with Gasteiger partial charge < -0.3 is 9.72 Å². The summed E-state index contributed by atoms with van der Waals surface area (Å²) in [5, 5.41) is 1.13. The fourth-order valence-electron chi connectivity index (χ4n) is 2.54. The molecule has 0 bridgehead atoms. The fraction of sp³-hybridized carbons (Fsp3) is 0.118. The van der Waals surface area contributed by atoms with Gasteiger partial charge in [0.15, 0.2) is 0 Å². The van der Waals surface area contributed by atoms with Crippen molar-refractivity contribution in [3.05, 3.63) is 54.2 Å². The molecule has 20 heavy (non-hydrogen) atoms. The number of fused-ring (bicyclic) bond motifs is 1. The van der Waals surface area contributed by atoms with Gasteiger partial charge in [-0.25, -0.2) is 0 Å². The van der Waals surface area contributed by atoms with Gasteiger partial charge in [-0.2, -0.15) is 0 Å². The number of aryl methyl sites for hydroxylation is 1. The molecule has 3 aromatic rings. The lowest BCUT2D eigenvalue weighted by Crippen LogP contribution is -2.02. The van der Waals surface area contributed by atoms with Gasteiger partial charge in [0.1, 0.15) is 5.75 Å². The number of carbonyl (C=O) groups excluding carboxylic acids is 1. The lowest BCUT2D eigenvalue weighted by Gasteiger charge is -2.09. The molecule has 3 nitrogen and oxygen atoms in total. The summed E-state index contributed by atoms with van der Waals surface area (Å²) in [6.07, 6.45) is 0. The summed E-state index contributed by atoms with van der Waals surface area (Å²) >= 11 is 0. The Kier molecular flexibility index (Phi) is 3.03. The highest BCUT2D eigenvalue weighted by atomic mass is 16.5. The molecule has 0 amide bonds. The summed E-state index contributed by atoms with van der Waals surface area (Å²) in [4.78, 5) is 14.6. The molecular formula is C17H15NO2. The highest BCUT2D eigenvalue weighted by molar-refractivity contribution is 5.99. The second-order valence-corrected chi connectivity index (χ2v) is 4.76. The Labute approximate surface area is 117 Å². The second kappa shape index (κ2) is 4.85. The Hall–Kier alpha value is -2.55. The average Bonchev–Trinajstić information content (AvgIpc) is 2.75. The number of benzene rings is 2. The molecule has 0 fully saturated rings. The van der Waals surface area contributed by atoms with E-state index >= 15 is 0 Å². The SMILES string of the molecule is CC(=O)Oc1ccccc1-c1c(C)[nH]c2ccccc12. The highest BCUT2D eigenvalue weighted by Crippen LogP contribution is 2.37. The molecule has 1 N–H and O–H groups in total. The number of nitrogens with one attached hydrogen (secondary N) is 1. The van der Waals surface area contributed by atoms with E-state index in [-0.39, 0.29) is 5.97 Å². The van der Waals surface area contributed by atoms with Gasteiger partial charge in [-0.05, 0) is 19.1 Å². The number of hydrogen-bond donors (Lipinski definition) is 1. The predicted molar refractivity (Wildman–Crippen MR) is 79.8 cm³/mol. The molecule has 0 aliphatic carbocycles. The van der Waals surface area contributed by atoms with Crippen LogP contribution in [-0.4, -0.2) is 11.0 Å². The number of para-hydroxylation sites is 2. The molecule has 0 radical (unpaired) electrons. The first-order chi connectivity index (χ1) is 9.66. The topological polar surface area (TPSA) is 42.1 Å². The van der Waals surface area contributed by atoms with Gasteiger partial charge in [0, 0.05) is 34.6 Å². The monoisotopic (exact) mass is 265 g/mol. The standard InChI is InChI=1S/C17H15NO2/c1-11-17(13-7-3-5-9-15(13)18-11)14-8-4-6-10-16(14)20-12(2)19/h3-10,18H,1-2H3. The van der Waals surface area contributed by atoms with Gasteiger partial charge in [0.25, 0.3) is 0 Å². The Morgan fingerprint density at radius 1 is 1.05 bits per heavy atom. The quantitative estimate of drug-likeness (QED) is 0.560. The Morgan fingerprint density at radius 3 is 2.55 bits per heavy atom. The molecule has 0 saturated heterocycles. The summed E-state index contributed by atoms with van der Waals surface area (Å²) in [7, 11) is 0. The first-order valence-corrected chi connectivity index (χ1v) is 6.52. The van der Waals surface area contributed by atoms with Crippen molar-refractivity contribution in [1.82, 2.24) is 4.98 Å². The average molecular weight is 265 g/mol. The Morgan fingerprint density at radius 2 is 1.75 bits per heavy atom. The molecule has 1 heterocycles.